The highest BCUT2D eigenvalue weighted by molar-refractivity contribution is 7.99. The van der Waals surface area contributed by atoms with E-state index in [0.717, 1.165) is 31.0 Å². The molecule has 1 fully saturated rings. The van der Waals surface area contributed by atoms with Crippen LogP contribution in [0.2, 0.25) is 0 Å². The molecule has 2 heterocycles. The Morgan fingerprint density at radius 2 is 2.19 bits per heavy atom. The third kappa shape index (κ3) is 2.75. The predicted octanol–water partition coefficient (Wildman–Crippen LogP) is 0.218. The van der Waals surface area contributed by atoms with Crippen molar-refractivity contribution in [3.8, 4) is 0 Å². The van der Waals surface area contributed by atoms with E-state index in [1.165, 1.54) is 0 Å². The minimum absolute atomic E-state index is 0.0116. The fourth-order valence-corrected chi connectivity index (χ4v) is 2.65. The van der Waals surface area contributed by atoms with Crippen molar-refractivity contribution >= 4 is 29.3 Å². The van der Waals surface area contributed by atoms with Crippen molar-refractivity contribution in [3.63, 3.8) is 0 Å². The highest BCUT2D eigenvalue weighted by Crippen LogP contribution is 2.12. The van der Waals surface area contributed by atoms with Crippen LogP contribution in [0.3, 0.4) is 0 Å². The minimum atomic E-state index is -0.108. The smallest absolute Gasteiger partial charge is 0.270 e. The van der Waals surface area contributed by atoms with Gasteiger partial charge in [0, 0.05) is 31.7 Å². The molecule has 0 aromatic rings. The van der Waals surface area contributed by atoms with Gasteiger partial charge in [0.15, 0.2) is 0 Å². The van der Waals surface area contributed by atoms with Crippen molar-refractivity contribution < 1.29 is 9.59 Å². The van der Waals surface area contributed by atoms with Gasteiger partial charge in [-0.2, -0.15) is 16.9 Å². The largest absolute Gasteiger partial charge is 0.337 e. The Kier molecular flexibility index (Phi) is 3.82. The van der Waals surface area contributed by atoms with Gasteiger partial charge >= 0.3 is 0 Å². The van der Waals surface area contributed by atoms with E-state index in [-0.39, 0.29) is 11.8 Å². The molecule has 16 heavy (non-hydrogen) atoms. The zero-order valence-electron chi connectivity index (χ0n) is 9.07. The summed E-state index contributed by atoms with van der Waals surface area (Å²) in [5.74, 6) is 1.99. The summed E-state index contributed by atoms with van der Waals surface area (Å²) in [5, 5.41) is 3.84. The number of thioether (sulfide) groups is 1. The van der Waals surface area contributed by atoms with Gasteiger partial charge in [-0.1, -0.05) is 0 Å². The van der Waals surface area contributed by atoms with Crippen LogP contribution < -0.4 is 5.43 Å². The number of amides is 2. The van der Waals surface area contributed by atoms with Gasteiger partial charge in [-0.3, -0.25) is 9.59 Å². The van der Waals surface area contributed by atoms with Gasteiger partial charge < -0.3 is 4.90 Å². The quantitative estimate of drug-likeness (QED) is 0.714. The fourth-order valence-electron chi connectivity index (χ4n) is 1.76. The molecular formula is C10H15N3O2S. The monoisotopic (exact) mass is 241 g/mol. The van der Waals surface area contributed by atoms with Crippen LogP contribution in [0.1, 0.15) is 19.3 Å². The molecule has 0 spiro atoms. The molecule has 1 saturated heterocycles. The van der Waals surface area contributed by atoms with E-state index in [0.29, 0.717) is 18.6 Å². The van der Waals surface area contributed by atoms with E-state index in [1.54, 1.807) is 0 Å². The van der Waals surface area contributed by atoms with E-state index in [4.69, 9.17) is 0 Å². The van der Waals surface area contributed by atoms with Gasteiger partial charge in [0.25, 0.3) is 5.91 Å². The molecule has 2 aliphatic rings. The first-order chi connectivity index (χ1) is 7.77. The van der Waals surface area contributed by atoms with Crippen LogP contribution in [0, 0.1) is 0 Å². The molecule has 0 unspecified atom stereocenters. The molecule has 2 amide bonds. The summed E-state index contributed by atoms with van der Waals surface area (Å²) in [6.45, 7) is 1.59. The summed E-state index contributed by atoms with van der Waals surface area (Å²) >= 11 is 1.88. The Bertz CT molecular complexity index is 322. The summed E-state index contributed by atoms with van der Waals surface area (Å²) in [6, 6.07) is 0. The summed E-state index contributed by atoms with van der Waals surface area (Å²) in [7, 11) is 0. The summed E-state index contributed by atoms with van der Waals surface area (Å²) in [4.78, 5) is 24.8. The van der Waals surface area contributed by atoms with Crippen molar-refractivity contribution in [2.45, 2.75) is 19.3 Å². The number of hydrazone groups is 1. The maximum atomic E-state index is 12.0. The molecule has 1 N–H and O–H groups in total. The van der Waals surface area contributed by atoms with Crippen molar-refractivity contribution in [1.82, 2.24) is 10.3 Å². The topological polar surface area (TPSA) is 61.8 Å². The van der Waals surface area contributed by atoms with Gasteiger partial charge in [-0.15, -0.1) is 0 Å². The molecule has 2 rings (SSSR count). The lowest BCUT2D eigenvalue weighted by Gasteiger charge is -2.22. The van der Waals surface area contributed by atoms with E-state index in [2.05, 4.69) is 10.5 Å². The Morgan fingerprint density at radius 1 is 1.31 bits per heavy atom. The first-order valence-corrected chi connectivity index (χ1v) is 6.65. The van der Waals surface area contributed by atoms with Crippen LogP contribution in [0.25, 0.3) is 0 Å². The third-order valence-corrected chi connectivity index (χ3v) is 3.71. The van der Waals surface area contributed by atoms with Crippen LogP contribution in [0.5, 0.6) is 0 Å². The molecule has 0 bridgehead atoms. The molecule has 5 nitrogen and oxygen atoms in total. The third-order valence-electron chi connectivity index (χ3n) is 2.66. The first-order valence-electron chi connectivity index (χ1n) is 5.50. The van der Waals surface area contributed by atoms with Crippen molar-refractivity contribution in [2.75, 3.05) is 24.6 Å². The molecule has 0 radical (unpaired) electrons. The van der Waals surface area contributed by atoms with Gasteiger partial charge in [0.2, 0.25) is 5.91 Å². The Balaban J connectivity index is 1.98. The molecule has 0 aliphatic carbocycles. The summed E-state index contributed by atoms with van der Waals surface area (Å²) in [6.07, 6.45) is 1.87. The number of rotatable bonds is 1. The van der Waals surface area contributed by atoms with Crippen LogP contribution in [0.4, 0.5) is 0 Å². The molecule has 6 heteroatoms. The second-order valence-corrected chi connectivity index (χ2v) is 5.08. The number of hydrogen-bond donors (Lipinski definition) is 1. The molecule has 2 aliphatic heterocycles. The van der Waals surface area contributed by atoms with Gasteiger partial charge in [-0.05, 0) is 12.2 Å². The van der Waals surface area contributed by atoms with E-state index in [1.807, 2.05) is 16.7 Å². The summed E-state index contributed by atoms with van der Waals surface area (Å²) in [5.41, 5.74) is 2.86. The number of carbonyl (C=O) groups is 2. The SMILES string of the molecule is O=C1CCC(C(=O)N2CCCSCC2)=NN1. The lowest BCUT2D eigenvalue weighted by molar-refractivity contribution is -0.124. The number of hydrogen-bond acceptors (Lipinski definition) is 4. The van der Waals surface area contributed by atoms with Crippen molar-refractivity contribution in [2.24, 2.45) is 5.10 Å². The lowest BCUT2D eigenvalue weighted by atomic mass is 10.1. The molecule has 0 aromatic carbocycles. The molecule has 0 aromatic heterocycles. The van der Waals surface area contributed by atoms with E-state index in [9.17, 15) is 9.59 Å². The fraction of sp³-hybridized carbons (Fsp3) is 0.700. The Labute approximate surface area is 98.6 Å². The van der Waals surface area contributed by atoms with E-state index >= 15 is 0 Å². The van der Waals surface area contributed by atoms with Crippen LogP contribution in [-0.2, 0) is 9.59 Å². The second-order valence-electron chi connectivity index (χ2n) is 3.85. The van der Waals surface area contributed by atoms with Gasteiger partial charge in [0.05, 0.1) is 0 Å². The average molecular weight is 241 g/mol. The first kappa shape index (κ1) is 11.4. The molecular weight excluding hydrogens is 226 g/mol. The molecule has 0 atom stereocenters. The highest BCUT2D eigenvalue weighted by Gasteiger charge is 2.23. The maximum Gasteiger partial charge on any atom is 0.270 e. The van der Waals surface area contributed by atoms with Crippen LogP contribution in [0.15, 0.2) is 5.10 Å². The number of nitrogens with zero attached hydrogens (tertiary/aromatic N) is 2. The normalized spacial score (nSPS) is 22.1. The molecule has 88 valence electrons. The zero-order valence-corrected chi connectivity index (χ0v) is 9.89. The predicted molar refractivity (Wildman–Crippen MR) is 63.3 cm³/mol. The van der Waals surface area contributed by atoms with Gasteiger partial charge in [0.1, 0.15) is 5.71 Å². The maximum absolute atomic E-state index is 12.0. The van der Waals surface area contributed by atoms with Crippen LogP contribution >= 0.6 is 11.8 Å². The number of carbonyl (C=O) groups excluding carboxylic acids is 2. The second kappa shape index (κ2) is 5.34. The standard InChI is InChI=1S/C10H15N3O2S/c14-9-3-2-8(11-12-9)10(15)13-4-1-6-16-7-5-13/h1-7H2,(H,12,14). The van der Waals surface area contributed by atoms with Crippen molar-refractivity contribution in [1.29, 1.82) is 0 Å². The Morgan fingerprint density at radius 3 is 2.94 bits per heavy atom. The zero-order chi connectivity index (χ0) is 11.4. The van der Waals surface area contributed by atoms with E-state index < -0.39 is 0 Å². The molecule has 0 saturated carbocycles. The summed E-state index contributed by atoms with van der Waals surface area (Å²) < 4.78 is 0. The van der Waals surface area contributed by atoms with Gasteiger partial charge in [-0.25, -0.2) is 5.43 Å². The lowest BCUT2D eigenvalue weighted by Crippen LogP contribution is -2.41. The highest BCUT2D eigenvalue weighted by atomic mass is 32.2. The minimum Gasteiger partial charge on any atom is -0.337 e. The Hall–Kier alpha value is -1.04. The van der Waals surface area contributed by atoms with Crippen molar-refractivity contribution in [3.05, 3.63) is 0 Å². The number of nitrogens with one attached hydrogen (secondary N) is 1. The van der Waals surface area contributed by atoms with Crippen LogP contribution in [-0.4, -0.2) is 47.0 Å². The average Bonchev–Trinajstić information content (AvgIpc) is 2.57.